The van der Waals surface area contributed by atoms with Gasteiger partial charge in [0.15, 0.2) is 0 Å². The highest BCUT2D eigenvalue weighted by molar-refractivity contribution is 9.10. The third-order valence-corrected chi connectivity index (χ3v) is 4.19. The number of rotatable bonds is 4. The number of amides is 1. The van der Waals surface area contributed by atoms with Crippen molar-refractivity contribution in [1.29, 1.82) is 0 Å². The summed E-state index contributed by atoms with van der Waals surface area (Å²) < 4.78 is 2.72. The number of hydrogen-bond acceptors (Lipinski definition) is 2. The Bertz CT molecular complexity index is 526. The molecule has 0 radical (unpaired) electrons. The summed E-state index contributed by atoms with van der Waals surface area (Å²) >= 11 is 3.38. The second-order valence-corrected chi connectivity index (χ2v) is 6.20. The largest absolute Gasteiger partial charge is 0.480 e. The zero-order chi connectivity index (χ0) is 14.9. The van der Waals surface area contributed by atoms with Gasteiger partial charge in [0.1, 0.15) is 11.7 Å². The van der Waals surface area contributed by atoms with Gasteiger partial charge in [-0.25, -0.2) is 4.79 Å². The van der Waals surface area contributed by atoms with Crippen molar-refractivity contribution < 1.29 is 14.7 Å². The van der Waals surface area contributed by atoms with Crippen molar-refractivity contribution in [1.82, 2.24) is 9.47 Å². The van der Waals surface area contributed by atoms with Crippen LogP contribution in [0.25, 0.3) is 0 Å². The monoisotopic (exact) mass is 342 g/mol. The van der Waals surface area contributed by atoms with Gasteiger partial charge in [-0.3, -0.25) is 4.79 Å². The Balaban J connectivity index is 2.29. The van der Waals surface area contributed by atoms with Crippen molar-refractivity contribution in [2.45, 2.75) is 39.3 Å². The van der Waals surface area contributed by atoms with Crippen LogP contribution in [0.4, 0.5) is 0 Å². The molecule has 2 rings (SSSR count). The highest BCUT2D eigenvalue weighted by Crippen LogP contribution is 2.27. The SMILES string of the molecule is CCCn1cc(Br)cc1C(=O)N1CCC(C)C1C(=O)O. The van der Waals surface area contributed by atoms with E-state index in [1.165, 1.54) is 4.90 Å². The Morgan fingerprint density at radius 2 is 2.20 bits per heavy atom. The number of carbonyl (C=O) groups is 2. The maximum atomic E-state index is 12.6. The molecule has 2 heterocycles. The standard InChI is InChI=1S/C14H19BrN2O3/c1-3-5-16-8-10(15)7-11(16)13(18)17-6-4-9(2)12(17)14(19)20/h7-9,12H,3-6H2,1-2H3,(H,19,20). The molecule has 6 heteroatoms. The van der Waals surface area contributed by atoms with Crippen LogP contribution in [-0.2, 0) is 11.3 Å². The summed E-state index contributed by atoms with van der Waals surface area (Å²) in [5.41, 5.74) is 0.555. The molecule has 110 valence electrons. The molecular formula is C14H19BrN2O3. The van der Waals surface area contributed by atoms with E-state index in [1.54, 1.807) is 6.07 Å². The summed E-state index contributed by atoms with van der Waals surface area (Å²) in [7, 11) is 0. The van der Waals surface area contributed by atoms with Crippen molar-refractivity contribution in [2.24, 2.45) is 5.92 Å². The number of likely N-dealkylation sites (tertiary alicyclic amines) is 1. The minimum atomic E-state index is -0.920. The average molecular weight is 343 g/mol. The fourth-order valence-corrected chi connectivity index (χ4v) is 3.24. The van der Waals surface area contributed by atoms with Gasteiger partial charge in [0.25, 0.3) is 5.91 Å². The number of hydrogen-bond donors (Lipinski definition) is 1. The molecule has 0 aliphatic carbocycles. The van der Waals surface area contributed by atoms with Crippen LogP contribution in [0.1, 0.15) is 37.2 Å². The third-order valence-electron chi connectivity index (χ3n) is 3.76. The lowest BCUT2D eigenvalue weighted by atomic mass is 10.0. The van der Waals surface area contributed by atoms with Crippen molar-refractivity contribution >= 4 is 27.8 Å². The van der Waals surface area contributed by atoms with Gasteiger partial charge in [0, 0.05) is 23.8 Å². The first-order valence-corrected chi connectivity index (χ1v) is 7.64. The molecule has 0 bridgehead atoms. The van der Waals surface area contributed by atoms with Crippen molar-refractivity contribution in [2.75, 3.05) is 6.54 Å². The van der Waals surface area contributed by atoms with Crippen LogP contribution in [0.15, 0.2) is 16.7 Å². The zero-order valence-electron chi connectivity index (χ0n) is 11.7. The zero-order valence-corrected chi connectivity index (χ0v) is 13.3. The second-order valence-electron chi connectivity index (χ2n) is 5.28. The molecule has 1 saturated heterocycles. The predicted molar refractivity (Wildman–Crippen MR) is 78.7 cm³/mol. The van der Waals surface area contributed by atoms with Crippen LogP contribution in [-0.4, -0.2) is 39.0 Å². The lowest BCUT2D eigenvalue weighted by Crippen LogP contribution is -2.43. The van der Waals surface area contributed by atoms with E-state index in [1.807, 2.05) is 24.6 Å². The van der Waals surface area contributed by atoms with Crippen LogP contribution in [0.5, 0.6) is 0 Å². The second kappa shape index (κ2) is 5.99. The van der Waals surface area contributed by atoms with E-state index in [0.717, 1.165) is 23.9 Å². The molecule has 2 unspecified atom stereocenters. The molecule has 1 N–H and O–H groups in total. The van der Waals surface area contributed by atoms with Crippen LogP contribution >= 0.6 is 15.9 Å². The Morgan fingerprint density at radius 1 is 1.50 bits per heavy atom. The fourth-order valence-electron chi connectivity index (χ4n) is 2.78. The summed E-state index contributed by atoms with van der Waals surface area (Å²) in [6.45, 7) is 5.17. The van der Waals surface area contributed by atoms with E-state index in [9.17, 15) is 14.7 Å². The molecule has 1 aliphatic heterocycles. The maximum absolute atomic E-state index is 12.6. The third kappa shape index (κ3) is 2.75. The summed E-state index contributed by atoms with van der Waals surface area (Å²) in [4.78, 5) is 25.5. The topological polar surface area (TPSA) is 62.5 Å². The number of halogens is 1. The van der Waals surface area contributed by atoms with Gasteiger partial charge in [0.05, 0.1) is 0 Å². The summed E-state index contributed by atoms with van der Waals surface area (Å²) in [5.74, 6) is -1.12. The predicted octanol–water partition coefficient (Wildman–Crippen LogP) is 2.60. The van der Waals surface area contributed by atoms with E-state index in [0.29, 0.717) is 12.2 Å². The number of aryl methyl sites for hydroxylation is 1. The van der Waals surface area contributed by atoms with Crippen LogP contribution in [0.3, 0.4) is 0 Å². The lowest BCUT2D eigenvalue weighted by molar-refractivity contribution is -0.142. The molecule has 1 amide bonds. The smallest absolute Gasteiger partial charge is 0.326 e. The number of carboxylic acid groups (broad SMARTS) is 1. The minimum absolute atomic E-state index is 0.00511. The molecule has 0 saturated carbocycles. The summed E-state index contributed by atoms with van der Waals surface area (Å²) in [6, 6.07) is 1.05. The molecule has 5 nitrogen and oxygen atoms in total. The van der Waals surface area contributed by atoms with Gasteiger partial charge in [0.2, 0.25) is 0 Å². The van der Waals surface area contributed by atoms with Crippen molar-refractivity contribution in [3.63, 3.8) is 0 Å². The lowest BCUT2D eigenvalue weighted by Gasteiger charge is -2.23. The average Bonchev–Trinajstić information content (AvgIpc) is 2.92. The van der Waals surface area contributed by atoms with E-state index in [-0.39, 0.29) is 11.8 Å². The van der Waals surface area contributed by atoms with Crippen LogP contribution < -0.4 is 0 Å². The number of aliphatic carboxylic acids is 1. The Morgan fingerprint density at radius 3 is 2.80 bits per heavy atom. The number of aromatic nitrogens is 1. The van der Waals surface area contributed by atoms with Gasteiger partial charge >= 0.3 is 5.97 Å². The normalized spacial score (nSPS) is 22.2. The molecule has 1 aliphatic rings. The van der Waals surface area contributed by atoms with Gasteiger partial charge in [-0.05, 0) is 40.8 Å². The van der Waals surface area contributed by atoms with Gasteiger partial charge in [-0.2, -0.15) is 0 Å². The highest BCUT2D eigenvalue weighted by atomic mass is 79.9. The Hall–Kier alpha value is -1.30. The number of carboxylic acids is 1. The minimum Gasteiger partial charge on any atom is -0.480 e. The summed E-state index contributed by atoms with van der Waals surface area (Å²) in [6.07, 6.45) is 3.52. The Kier molecular flexibility index (Phi) is 4.52. The molecule has 20 heavy (non-hydrogen) atoms. The quantitative estimate of drug-likeness (QED) is 0.914. The maximum Gasteiger partial charge on any atom is 0.326 e. The van der Waals surface area contributed by atoms with E-state index in [2.05, 4.69) is 15.9 Å². The first-order valence-electron chi connectivity index (χ1n) is 6.85. The van der Waals surface area contributed by atoms with Crippen LogP contribution in [0, 0.1) is 5.92 Å². The van der Waals surface area contributed by atoms with E-state index < -0.39 is 12.0 Å². The van der Waals surface area contributed by atoms with Crippen molar-refractivity contribution in [3.05, 3.63) is 22.4 Å². The van der Waals surface area contributed by atoms with Crippen molar-refractivity contribution in [3.8, 4) is 0 Å². The first-order chi connectivity index (χ1) is 9.45. The highest BCUT2D eigenvalue weighted by Gasteiger charge is 2.40. The number of carbonyl (C=O) groups excluding carboxylic acids is 1. The fraction of sp³-hybridized carbons (Fsp3) is 0.571. The van der Waals surface area contributed by atoms with Gasteiger partial charge in [-0.15, -0.1) is 0 Å². The van der Waals surface area contributed by atoms with E-state index in [4.69, 9.17) is 0 Å². The van der Waals surface area contributed by atoms with Crippen LogP contribution in [0.2, 0.25) is 0 Å². The molecule has 1 aromatic heterocycles. The van der Waals surface area contributed by atoms with Gasteiger partial charge < -0.3 is 14.6 Å². The summed E-state index contributed by atoms with van der Waals surface area (Å²) in [5, 5.41) is 9.32. The Labute approximate surface area is 126 Å². The van der Waals surface area contributed by atoms with E-state index >= 15 is 0 Å². The number of nitrogens with zero attached hydrogens (tertiary/aromatic N) is 2. The first kappa shape index (κ1) is 15.1. The van der Waals surface area contributed by atoms with Gasteiger partial charge in [-0.1, -0.05) is 13.8 Å². The molecule has 0 aromatic carbocycles. The molecular weight excluding hydrogens is 324 g/mol. The molecule has 2 atom stereocenters. The molecule has 1 fully saturated rings. The molecule has 0 spiro atoms. The molecule has 1 aromatic rings.